The van der Waals surface area contributed by atoms with Crippen molar-refractivity contribution in [2.24, 2.45) is 0 Å². The molecule has 4 nitrogen and oxygen atoms in total. The average Bonchev–Trinajstić information content (AvgIpc) is 3.12. The molecule has 1 aliphatic rings. The summed E-state index contributed by atoms with van der Waals surface area (Å²) in [5.41, 5.74) is 0. The van der Waals surface area contributed by atoms with E-state index in [0.29, 0.717) is 6.04 Å². The number of rotatable bonds is 5. The van der Waals surface area contributed by atoms with Gasteiger partial charge in [0, 0.05) is 24.0 Å². The maximum absolute atomic E-state index is 4.83. The van der Waals surface area contributed by atoms with E-state index in [9.17, 15) is 0 Å². The molecule has 1 aliphatic heterocycles. The number of hydrogen-bond acceptors (Lipinski definition) is 5. The second kappa shape index (κ2) is 6.18. The summed E-state index contributed by atoms with van der Waals surface area (Å²) in [5, 5.41) is 4.52. The first kappa shape index (κ1) is 14.6. The van der Waals surface area contributed by atoms with Crippen LogP contribution >= 0.6 is 11.3 Å². The number of hydrogen-bond donors (Lipinski definition) is 1. The quantitative estimate of drug-likeness (QED) is 0.904. The Kier molecular flexibility index (Phi) is 4.29. The molecule has 1 atom stereocenters. The van der Waals surface area contributed by atoms with Crippen molar-refractivity contribution in [3.05, 3.63) is 10.9 Å². The third-order valence-electron chi connectivity index (χ3n) is 4.23. The van der Waals surface area contributed by atoms with Crippen molar-refractivity contribution >= 4 is 33.3 Å². The number of nitrogens with one attached hydrogen (secondary N) is 1. The predicted octanol–water partition coefficient (Wildman–Crippen LogP) is 4.06. The summed E-state index contributed by atoms with van der Waals surface area (Å²) in [5.74, 6) is 1.91. The van der Waals surface area contributed by atoms with Crippen LogP contribution in [0.1, 0.15) is 44.9 Å². The molecule has 1 N–H and O–H groups in total. The largest absolute Gasteiger partial charge is 0.354 e. The zero-order valence-electron chi connectivity index (χ0n) is 13.1. The molecule has 0 spiro atoms. The lowest BCUT2D eigenvalue weighted by atomic mass is 10.1. The van der Waals surface area contributed by atoms with Gasteiger partial charge in [0.05, 0.1) is 5.39 Å². The van der Waals surface area contributed by atoms with E-state index in [0.717, 1.165) is 36.1 Å². The Morgan fingerprint density at radius 2 is 2.19 bits per heavy atom. The molecule has 21 heavy (non-hydrogen) atoms. The second-order valence-corrected chi connectivity index (χ2v) is 6.70. The van der Waals surface area contributed by atoms with Gasteiger partial charge >= 0.3 is 0 Å². The summed E-state index contributed by atoms with van der Waals surface area (Å²) in [7, 11) is 0. The molecule has 0 radical (unpaired) electrons. The first-order valence-electron chi connectivity index (χ1n) is 8.07. The van der Waals surface area contributed by atoms with Crippen LogP contribution in [0.15, 0.2) is 6.07 Å². The van der Waals surface area contributed by atoms with Crippen LogP contribution in [0.2, 0.25) is 0 Å². The van der Waals surface area contributed by atoms with Crippen molar-refractivity contribution in [1.82, 2.24) is 9.97 Å². The van der Waals surface area contributed by atoms with Gasteiger partial charge in [0.2, 0.25) is 5.95 Å². The summed E-state index contributed by atoms with van der Waals surface area (Å²) in [6, 6.07) is 2.92. The first-order chi connectivity index (χ1) is 10.3. The van der Waals surface area contributed by atoms with E-state index in [1.54, 1.807) is 11.3 Å². The molecule has 0 aliphatic carbocycles. The molecular formula is C16H24N4S. The minimum Gasteiger partial charge on any atom is -0.354 e. The Morgan fingerprint density at radius 1 is 1.33 bits per heavy atom. The Morgan fingerprint density at radius 3 is 2.90 bits per heavy atom. The molecule has 3 rings (SSSR count). The number of anilines is 2. The highest BCUT2D eigenvalue weighted by atomic mass is 32.1. The highest BCUT2D eigenvalue weighted by molar-refractivity contribution is 7.18. The molecule has 0 bridgehead atoms. The Balaban J connectivity index is 2.11. The lowest BCUT2D eigenvalue weighted by Crippen LogP contribution is -2.29. The van der Waals surface area contributed by atoms with Crippen LogP contribution < -0.4 is 10.2 Å². The molecule has 1 unspecified atom stereocenters. The normalized spacial score (nSPS) is 18.6. The van der Waals surface area contributed by atoms with Crippen LogP contribution in [0.25, 0.3) is 10.2 Å². The fourth-order valence-corrected chi connectivity index (χ4v) is 4.09. The monoisotopic (exact) mass is 304 g/mol. The lowest BCUT2D eigenvalue weighted by molar-refractivity contribution is 0.642. The van der Waals surface area contributed by atoms with Crippen molar-refractivity contribution in [3.63, 3.8) is 0 Å². The van der Waals surface area contributed by atoms with Gasteiger partial charge in [-0.15, -0.1) is 11.3 Å². The van der Waals surface area contributed by atoms with Crippen molar-refractivity contribution in [2.45, 2.75) is 52.5 Å². The van der Waals surface area contributed by atoms with Crippen LogP contribution in [0.3, 0.4) is 0 Å². The number of fused-ring (bicyclic) bond motifs is 1. The van der Waals surface area contributed by atoms with Crippen LogP contribution in [0, 0.1) is 0 Å². The minimum atomic E-state index is 0.627. The van der Waals surface area contributed by atoms with E-state index in [2.05, 4.69) is 42.0 Å². The summed E-state index contributed by atoms with van der Waals surface area (Å²) in [6.45, 7) is 8.54. The summed E-state index contributed by atoms with van der Waals surface area (Å²) < 4.78 is 0. The molecule has 1 saturated heterocycles. The Hall–Kier alpha value is -1.36. The van der Waals surface area contributed by atoms with Gasteiger partial charge in [-0.1, -0.05) is 13.8 Å². The van der Waals surface area contributed by atoms with E-state index in [1.807, 2.05) is 0 Å². The molecule has 2 aromatic heterocycles. The van der Waals surface area contributed by atoms with Crippen LogP contribution in [0.5, 0.6) is 0 Å². The molecule has 5 heteroatoms. The molecule has 0 saturated carbocycles. The van der Waals surface area contributed by atoms with Crippen molar-refractivity contribution in [2.75, 3.05) is 23.3 Å². The van der Waals surface area contributed by atoms with Crippen molar-refractivity contribution < 1.29 is 0 Å². The zero-order valence-corrected chi connectivity index (χ0v) is 14.0. The standard InChI is InChI=1S/C16H24N4S/c1-4-11-8-7-9-20(11)14-13-10-12(5-2)21-15(13)19-16(18-14)17-6-3/h10-11H,4-9H2,1-3H3,(H,17,18,19). The maximum atomic E-state index is 4.83. The summed E-state index contributed by atoms with van der Waals surface area (Å²) in [4.78, 5) is 14.5. The molecule has 0 amide bonds. The van der Waals surface area contributed by atoms with Gasteiger partial charge < -0.3 is 10.2 Å². The summed E-state index contributed by atoms with van der Waals surface area (Å²) in [6.07, 6.45) is 4.80. The molecule has 3 heterocycles. The van der Waals surface area contributed by atoms with Gasteiger partial charge in [0.25, 0.3) is 0 Å². The Labute approximate surface area is 130 Å². The van der Waals surface area contributed by atoms with E-state index >= 15 is 0 Å². The predicted molar refractivity (Wildman–Crippen MR) is 91.6 cm³/mol. The second-order valence-electron chi connectivity index (χ2n) is 5.58. The number of thiophene rings is 1. The number of aromatic nitrogens is 2. The SMILES string of the molecule is CCNc1nc(N2CCCC2CC)c2cc(CC)sc2n1. The van der Waals surface area contributed by atoms with Gasteiger partial charge in [-0.3, -0.25) is 0 Å². The topological polar surface area (TPSA) is 41.1 Å². The maximum Gasteiger partial charge on any atom is 0.226 e. The molecular weight excluding hydrogens is 280 g/mol. The van der Waals surface area contributed by atoms with Gasteiger partial charge in [-0.05, 0) is 38.7 Å². The van der Waals surface area contributed by atoms with Gasteiger partial charge in [0.15, 0.2) is 0 Å². The Bertz CT molecular complexity index is 622. The van der Waals surface area contributed by atoms with Crippen molar-refractivity contribution in [3.8, 4) is 0 Å². The highest BCUT2D eigenvalue weighted by Gasteiger charge is 2.26. The fourth-order valence-electron chi connectivity index (χ4n) is 3.13. The average molecular weight is 304 g/mol. The lowest BCUT2D eigenvalue weighted by Gasteiger charge is -2.25. The number of nitrogens with zero attached hydrogens (tertiary/aromatic N) is 3. The molecule has 0 aromatic carbocycles. The van der Waals surface area contributed by atoms with Gasteiger partial charge in [0.1, 0.15) is 10.6 Å². The van der Waals surface area contributed by atoms with E-state index in [-0.39, 0.29) is 0 Å². The van der Waals surface area contributed by atoms with E-state index < -0.39 is 0 Å². The molecule has 1 fully saturated rings. The fraction of sp³-hybridized carbons (Fsp3) is 0.625. The van der Waals surface area contributed by atoms with E-state index in [1.165, 1.54) is 29.5 Å². The first-order valence-corrected chi connectivity index (χ1v) is 8.89. The van der Waals surface area contributed by atoms with E-state index in [4.69, 9.17) is 4.98 Å². The smallest absolute Gasteiger partial charge is 0.226 e. The number of aryl methyl sites for hydroxylation is 1. The minimum absolute atomic E-state index is 0.627. The van der Waals surface area contributed by atoms with Crippen LogP contribution in [-0.2, 0) is 6.42 Å². The van der Waals surface area contributed by atoms with Crippen LogP contribution in [0.4, 0.5) is 11.8 Å². The summed E-state index contributed by atoms with van der Waals surface area (Å²) >= 11 is 1.80. The highest BCUT2D eigenvalue weighted by Crippen LogP contribution is 2.36. The molecule has 114 valence electrons. The third kappa shape index (κ3) is 2.71. The van der Waals surface area contributed by atoms with Crippen molar-refractivity contribution in [1.29, 1.82) is 0 Å². The van der Waals surface area contributed by atoms with Crippen LogP contribution in [-0.4, -0.2) is 29.1 Å². The zero-order chi connectivity index (χ0) is 14.8. The third-order valence-corrected chi connectivity index (χ3v) is 5.40. The molecule has 2 aromatic rings. The van der Waals surface area contributed by atoms with Gasteiger partial charge in [-0.25, -0.2) is 4.98 Å². The van der Waals surface area contributed by atoms with Gasteiger partial charge in [-0.2, -0.15) is 4.98 Å².